The number of hydrogen-bond donors (Lipinski definition) is 4. The molecule has 3 amide bonds. The number of nitrogens with zero attached hydrogens (tertiary/aromatic N) is 3. The zero-order valence-electron chi connectivity index (χ0n) is 20.3. The molecule has 0 radical (unpaired) electrons. The number of anilines is 3. The monoisotopic (exact) mass is 497 g/mol. The number of rotatable bonds is 7. The van der Waals surface area contributed by atoms with Gasteiger partial charge in [0.25, 0.3) is 5.91 Å². The lowest BCUT2D eigenvalue weighted by atomic mass is 9.99. The molecule has 4 aromatic rings. The Hall–Kier alpha value is -4.86. The number of pyridine rings is 1. The predicted octanol–water partition coefficient (Wildman–Crippen LogP) is 4.34. The highest BCUT2D eigenvalue weighted by atomic mass is 16.5. The molecule has 2 aromatic heterocycles. The zero-order valence-corrected chi connectivity index (χ0v) is 20.3. The van der Waals surface area contributed by atoms with Crippen LogP contribution in [-0.4, -0.2) is 52.2 Å². The fourth-order valence-corrected chi connectivity index (χ4v) is 4.48. The summed E-state index contributed by atoms with van der Waals surface area (Å²) in [7, 11) is 1.52. The Morgan fingerprint density at radius 3 is 2.59 bits per heavy atom. The average molecular weight is 498 g/mol. The SMILES string of the molecule is COc1cc(Nc2[nH]nc(-c3ccc(NC(=O)N4CC[C@@H](c5ccccc5)C4)cc3)c2C(N)=O)ccn1. The van der Waals surface area contributed by atoms with Gasteiger partial charge < -0.3 is 26.0 Å². The van der Waals surface area contributed by atoms with E-state index in [0.717, 1.165) is 6.42 Å². The van der Waals surface area contributed by atoms with Gasteiger partial charge in [-0.15, -0.1) is 0 Å². The van der Waals surface area contributed by atoms with Crippen LogP contribution >= 0.6 is 0 Å². The summed E-state index contributed by atoms with van der Waals surface area (Å²) in [5.74, 6) is 0.492. The second-order valence-electron chi connectivity index (χ2n) is 8.75. The molecule has 1 saturated heterocycles. The Labute approximate surface area is 213 Å². The van der Waals surface area contributed by atoms with Gasteiger partial charge in [-0.05, 0) is 30.2 Å². The summed E-state index contributed by atoms with van der Waals surface area (Å²) >= 11 is 0. The first-order valence-electron chi connectivity index (χ1n) is 11.9. The number of methoxy groups -OCH3 is 1. The number of aromatic nitrogens is 3. The van der Waals surface area contributed by atoms with Gasteiger partial charge in [0.1, 0.15) is 17.1 Å². The van der Waals surface area contributed by atoms with Crippen molar-refractivity contribution in [1.82, 2.24) is 20.1 Å². The van der Waals surface area contributed by atoms with Gasteiger partial charge in [0.05, 0.1) is 7.11 Å². The van der Waals surface area contributed by atoms with Crippen LogP contribution in [0.5, 0.6) is 5.88 Å². The molecule has 1 aliphatic rings. The molecule has 2 aromatic carbocycles. The molecule has 1 fully saturated rings. The Morgan fingerprint density at radius 2 is 1.86 bits per heavy atom. The average Bonchev–Trinajstić information content (AvgIpc) is 3.58. The largest absolute Gasteiger partial charge is 0.481 e. The summed E-state index contributed by atoms with van der Waals surface area (Å²) in [4.78, 5) is 31.0. The van der Waals surface area contributed by atoms with Crippen molar-refractivity contribution in [2.75, 3.05) is 30.8 Å². The second kappa shape index (κ2) is 10.4. The number of likely N-dealkylation sites (tertiary alicyclic amines) is 1. The third-order valence-electron chi connectivity index (χ3n) is 6.38. The molecule has 5 rings (SSSR count). The maximum Gasteiger partial charge on any atom is 0.321 e. The van der Waals surface area contributed by atoms with Gasteiger partial charge in [0, 0.05) is 48.2 Å². The molecule has 0 spiro atoms. The van der Waals surface area contributed by atoms with Crippen LogP contribution in [0, 0.1) is 0 Å². The Balaban J connectivity index is 1.27. The molecule has 1 atom stereocenters. The molecule has 188 valence electrons. The summed E-state index contributed by atoms with van der Waals surface area (Å²) in [6.45, 7) is 1.39. The van der Waals surface area contributed by atoms with Gasteiger partial charge in [-0.2, -0.15) is 5.10 Å². The maximum absolute atomic E-state index is 12.8. The van der Waals surface area contributed by atoms with Crippen molar-refractivity contribution in [3.8, 4) is 17.1 Å². The third-order valence-corrected chi connectivity index (χ3v) is 6.38. The van der Waals surface area contributed by atoms with Crippen molar-refractivity contribution in [3.05, 3.63) is 84.1 Å². The number of hydrogen-bond acceptors (Lipinski definition) is 6. The van der Waals surface area contributed by atoms with Crippen molar-refractivity contribution in [2.45, 2.75) is 12.3 Å². The number of urea groups is 1. The minimum Gasteiger partial charge on any atom is -0.481 e. The topological polar surface area (TPSA) is 138 Å². The third kappa shape index (κ3) is 5.22. The minimum absolute atomic E-state index is 0.136. The molecule has 5 N–H and O–H groups in total. The fraction of sp³-hybridized carbons (Fsp3) is 0.185. The lowest BCUT2D eigenvalue weighted by Crippen LogP contribution is -2.32. The molecule has 1 aliphatic heterocycles. The molecule has 0 saturated carbocycles. The van der Waals surface area contributed by atoms with Gasteiger partial charge in [0.15, 0.2) is 0 Å². The standard InChI is InChI=1S/C27H27N7O3/c1-37-22-15-21(11-13-29-22)30-26-23(25(28)35)24(32-33-26)18-7-9-20(10-8-18)31-27(36)34-14-12-19(16-34)17-5-3-2-4-6-17/h2-11,13,15,19H,12,14,16H2,1H3,(H2,28,35)(H,31,36)(H2,29,30,32,33)/t19-/m1/s1. The van der Waals surface area contributed by atoms with Gasteiger partial charge in [0.2, 0.25) is 5.88 Å². The van der Waals surface area contributed by atoms with Crippen LogP contribution in [0.15, 0.2) is 72.9 Å². The molecule has 10 nitrogen and oxygen atoms in total. The van der Waals surface area contributed by atoms with Crippen molar-refractivity contribution in [1.29, 1.82) is 0 Å². The van der Waals surface area contributed by atoms with Crippen LogP contribution in [0.3, 0.4) is 0 Å². The summed E-state index contributed by atoms with van der Waals surface area (Å²) in [6.07, 6.45) is 2.52. The molecule has 3 heterocycles. The summed E-state index contributed by atoms with van der Waals surface area (Å²) < 4.78 is 5.14. The number of ether oxygens (including phenoxy) is 1. The highest BCUT2D eigenvalue weighted by molar-refractivity contribution is 6.04. The van der Waals surface area contributed by atoms with E-state index in [2.05, 4.69) is 37.9 Å². The Kier molecular flexibility index (Phi) is 6.71. The lowest BCUT2D eigenvalue weighted by molar-refractivity contribution is 0.100. The van der Waals surface area contributed by atoms with Crippen LogP contribution in [0.1, 0.15) is 28.3 Å². The summed E-state index contributed by atoms with van der Waals surface area (Å²) in [5, 5.41) is 13.2. The zero-order chi connectivity index (χ0) is 25.8. The van der Waals surface area contributed by atoms with E-state index >= 15 is 0 Å². The normalized spacial score (nSPS) is 14.8. The first-order valence-corrected chi connectivity index (χ1v) is 11.9. The molecule has 0 unspecified atom stereocenters. The number of benzene rings is 2. The van der Waals surface area contributed by atoms with Crippen LogP contribution in [-0.2, 0) is 0 Å². The first kappa shape index (κ1) is 23.9. The number of nitrogens with one attached hydrogen (secondary N) is 3. The van der Waals surface area contributed by atoms with Crippen molar-refractivity contribution < 1.29 is 14.3 Å². The van der Waals surface area contributed by atoms with Gasteiger partial charge >= 0.3 is 6.03 Å². The van der Waals surface area contributed by atoms with Crippen LogP contribution < -0.4 is 21.1 Å². The summed E-state index contributed by atoms with van der Waals surface area (Å²) in [5.41, 5.74) is 9.54. The number of nitrogens with two attached hydrogens (primary N) is 1. The van der Waals surface area contributed by atoms with E-state index < -0.39 is 5.91 Å². The quantitative estimate of drug-likeness (QED) is 0.300. The highest BCUT2D eigenvalue weighted by Gasteiger charge is 2.27. The number of carbonyl (C=O) groups excluding carboxylic acids is 2. The van der Waals surface area contributed by atoms with Gasteiger partial charge in [-0.1, -0.05) is 42.5 Å². The van der Waals surface area contributed by atoms with E-state index in [-0.39, 0.29) is 11.6 Å². The number of amides is 3. The van der Waals surface area contributed by atoms with Gasteiger partial charge in [-0.3, -0.25) is 9.89 Å². The second-order valence-corrected chi connectivity index (χ2v) is 8.75. The minimum atomic E-state index is -0.633. The number of H-pyrrole nitrogens is 1. The number of aromatic amines is 1. The summed E-state index contributed by atoms with van der Waals surface area (Å²) in [6, 6.07) is 20.7. The highest BCUT2D eigenvalue weighted by Crippen LogP contribution is 2.31. The van der Waals surface area contributed by atoms with E-state index in [1.165, 1.54) is 12.7 Å². The van der Waals surface area contributed by atoms with E-state index in [4.69, 9.17) is 10.5 Å². The van der Waals surface area contributed by atoms with E-state index in [9.17, 15) is 9.59 Å². The van der Waals surface area contributed by atoms with Crippen molar-refractivity contribution in [2.24, 2.45) is 5.73 Å². The molecular weight excluding hydrogens is 470 g/mol. The number of carbonyl (C=O) groups is 2. The first-order chi connectivity index (χ1) is 18.0. The van der Waals surface area contributed by atoms with Crippen LogP contribution in [0.2, 0.25) is 0 Å². The fourth-order valence-electron chi connectivity index (χ4n) is 4.48. The van der Waals surface area contributed by atoms with E-state index in [1.54, 1.807) is 42.6 Å². The van der Waals surface area contributed by atoms with E-state index in [0.29, 0.717) is 53.3 Å². The Morgan fingerprint density at radius 1 is 1.08 bits per heavy atom. The van der Waals surface area contributed by atoms with Crippen LogP contribution in [0.4, 0.5) is 22.0 Å². The predicted molar refractivity (Wildman–Crippen MR) is 141 cm³/mol. The molecule has 0 aliphatic carbocycles. The maximum atomic E-state index is 12.8. The lowest BCUT2D eigenvalue weighted by Gasteiger charge is -2.17. The molecular formula is C27H27N7O3. The van der Waals surface area contributed by atoms with Crippen LogP contribution in [0.25, 0.3) is 11.3 Å². The Bertz CT molecular complexity index is 1400. The smallest absolute Gasteiger partial charge is 0.321 e. The number of primary amides is 1. The molecule has 0 bridgehead atoms. The molecule has 37 heavy (non-hydrogen) atoms. The van der Waals surface area contributed by atoms with E-state index in [1.807, 2.05) is 23.1 Å². The van der Waals surface area contributed by atoms with Gasteiger partial charge in [-0.25, -0.2) is 9.78 Å². The molecule has 10 heteroatoms. The van der Waals surface area contributed by atoms with Crippen molar-refractivity contribution >= 4 is 29.1 Å². The van der Waals surface area contributed by atoms with Crippen molar-refractivity contribution in [3.63, 3.8) is 0 Å².